The third-order valence-electron chi connectivity index (χ3n) is 8.78. The largest absolute Gasteiger partial charge is 0.457 e. The number of benzene rings is 5. The van der Waals surface area contributed by atoms with Crippen LogP contribution in [-0.4, -0.2) is 0 Å². The average Bonchev–Trinajstić information content (AvgIpc) is 3.95. The van der Waals surface area contributed by atoms with E-state index >= 15 is 0 Å². The first-order chi connectivity index (χ1) is 24.7. The van der Waals surface area contributed by atoms with Gasteiger partial charge in [0.1, 0.15) is 45.4 Å². The number of hydrogen-bond acceptors (Lipinski definition) is 4. The van der Waals surface area contributed by atoms with E-state index in [1.807, 2.05) is 97.1 Å². The molecule has 0 bridgehead atoms. The molecule has 0 saturated heterocycles. The van der Waals surface area contributed by atoms with Gasteiger partial charge in [0.25, 0.3) is 0 Å². The maximum Gasteiger partial charge on any atom is 0.134 e. The topological polar surface area (TPSA) is 52.6 Å². The zero-order valence-electron chi connectivity index (χ0n) is 27.0. The molecule has 0 spiro atoms. The Balaban J connectivity index is 1.16. The van der Waals surface area contributed by atoms with E-state index in [9.17, 15) is 0 Å². The first-order valence-corrected chi connectivity index (χ1v) is 16.5. The van der Waals surface area contributed by atoms with Gasteiger partial charge in [0.15, 0.2) is 0 Å². The van der Waals surface area contributed by atoms with Crippen molar-refractivity contribution in [1.29, 1.82) is 0 Å². The van der Waals surface area contributed by atoms with Crippen molar-refractivity contribution < 1.29 is 17.7 Å². The molecule has 4 heterocycles. The Morgan fingerprint density at radius 2 is 0.500 bits per heavy atom. The Morgan fingerprint density at radius 3 is 0.740 bits per heavy atom. The van der Waals surface area contributed by atoms with Crippen LogP contribution in [0.25, 0.3) is 92.5 Å². The molecule has 4 heteroatoms. The third kappa shape index (κ3) is 6.02. The fourth-order valence-corrected chi connectivity index (χ4v) is 6.27. The zero-order chi connectivity index (χ0) is 33.3. The predicted octanol–water partition coefficient (Wildman–Crippen LogP) is 13.4. The van der Waals surface area contributed by atoms with Crippen molar-refractivity contribution in [3.63, 3.8) is 0 Å². The Labute approximate surface area is 288 Å². The Morgan fingerprint density at radius 1 is 0.260 bits per heavy atom. The quantitative estimate of drug-likeness (QED) is 0.165. The number of para-hydroxylation sites is 4. The lowest BCUT2D eigenvalue weighted by molar-refractivity contribution is 0.604. The summed E-state index contributed by atoms with van der Waals surface area (Å²) in [5.74, 6) is 3.14. The molecular weight excluding hydrogens is 617 g/mol. The van der Waals surface area contributed by atoms with Gasteiger partial charge in [-0.25, -0.2) is 0 Å². The van der Waals surface area contributed by atoms with E-state index < -0.39 is 0 Å². The molecule has 0 aliphatic carbocycles. The van der Waals surface area contributed by atoms with Crippen molar-refractivity contribution in [2.75, 3.05) is 0 Å². The summed E-state index contributed by atoms with van der Waals surface area (Å²) in [5.41, 5.74) is 7.50. The number of furan rings is 4. The van der Waals surface area contributed by atoms with Gasteiger partial charge in [0.2, 0.25) is 0 Å². The molecule has 5 aromatic carbocycles. The lowest BCUT2D eigenvalue weighted by Gasteiger charge is -2.09. The van der Waals surface area contributed by atoms with Gasteiger partial charge < -0.3 is 17.7 Å². The highest BCUT2D eigenvalue weighted by atomic mass is 16.3. The summed E-state index contributed by atoms with van der Waals surface area (Å²) in [7, 11) is 0. The second kappa shape index (κ2) is 12.7. The molecule has 0 fully saturated rings. The fourth-order valence-electron chi connectivity index (χ4n) is 6.27. The van der Waals surface area contributed by atoms with Crippen LogP contribution < -0.4 is 0 Å². The number of rotatable bonds is 8. The van der Waals surface area contributed by atoms with Crippen LogP contribution in [0.5, 0.6) is 0 Å². The lowest BCUT2D eigenvalue weighted by Crippen LogP contribution is -1.89. The van der Waals surface area contributed by atoms with Crippen LogP contribution in [0, 0.1) is 0 Å². The molecule has 0 amide bonds. The van der Waals surface area contributed by atoms with Crippen molar-refractivity contribution in [2.45, 2.75) is 0 Å². The normalized spacial score (nSPS) is 12.5. The lowest BCUT2D eigenvalue weighted by atomic mass is 9.96. The molecule has 9 rings (SSSR count). The van der Waals surface area contributed by atoms with E-state index in [1.54, 1.807) is 0 Å². The molecule has 50 heavy (non-hydrogen) atoms. The van der Waals surface area contributed by atoms with Crippen LogP contribution in [0.3, 0.4) is 0 Å². The minimum absolute atomic E-state index is 0.784. The molecule has 0 aliphatic rings. The molecule has 0 radical (unpaired) electrons. The second-order valence-corrected chi connectivity index (χ2v) is 12.2. The second-order valence-electron chi connectivity index (χ2n) is 12.2. The summed E-state index contributed by atoms with van der Waals surface area (Å²) in [6.07, 6.45) is 16.5. The van der Waals surface area contributed by atoms with Gasteiger partial charge in [-0.3, -0.25) is 0 Å². The minimum atomic E-state index is 0.784. The highest BCUT2D eigenvalue weighted by Gasteiger charge is 2.09. The monoisotopic (exact) mass is 646 g/mol. The molecule has 0 N–H and O–H groups in total. The average molecular weight is 647 g/mol. The van der Waals surface area contributed by atoms with E-state index in [0.717, 1.165) is 89.2 Å². The van der Waals surface area contributed by atoms with Crippen LogP contribution >= 0.6 is 0 Å². The van der Waals surface area contributed by atoms with Crippen LogP contribution in [0.2, 0.25) is 0 Å². The maximum atomic E-state index is 6.13. The van der Waals surface area contributed by atoms with Gasteiger partial charge in [-0.05, 0) is 107 Å². The maximum absolute atomic E-state index is 6.13. The van der Waals surface area contributed by atoms with Crippen molar-refractivity contribution in [3.8, 4) is 0 Å². The summed E-state index contributed by atoms with van der Waals surface area (Å²) < 4.78 is 24.5. The summed E-state index contributed by atoms with van der Waals surface area (Å²) >= 11 is 0. The standard InChI is InChI=1S/C46H30O4/c1-5-13-43-35(9-1)27-39(47-43)21-17-31-25-33(19-23-41-29-37-11-3-7-15-45(37)49-41)34(20-24-42-30-38-12-4-8-16-46(38)50-42)26-32(31)18-22-40-28-36-10-2-6-14-44(36)48-40/h1-30H/b21-17+,22-18+,23-19+,24-20+. The Hall–Kier alpha value is -6.78. The van der Waals surface area contributed by atoms with Crippen molar-refractivity contribution in [1.82, 2.24) is 0 Å². The van der Waals surface area contributed by atoms with E-state index in [2.05, 4.69) is 85.0 Å². The van der Waals surface area contributed by atoms with Gasteiger partial charge in [-0.15, -0.1) is 0 Å². The molecule has 0 unspecified atom stereocenters. The summed E-state index contributed by atoms with van der Waals surface area (Å²) in [6, 6.07) is 44.8. The van der Waals surface area contributed by atoms with Crippen LogP contribution in [0.4, 0.5) is 0 Å². The Bertz CT molecular complexity index is 2260. The summed E-state index contributed by atoms with van der Waals surface area (Å²) in [4.78, 5) is 0. The van der Waals surface area contributed by atoms with Crippen molar-refractivity contribution in [2.24, 2.45) is 0 Å². The van der Waals surface area contributed by atoms with Crippen LogP contribution in [0.15, 0.2) is 151 Å². The van der Waals surface area contributed by atoms with Gasteiger partial charge in [-0.2, -0.15) is 0 Å². The van der Waals surface area contributed by atoms with E-state index in [0.29, 0.717) is 0 Å². The zero-order valence-corrected chi connectivity index (χ0v) is 27.0. The van der Waals surface area contributed by atoms with Gasteiger partial charge >= 0.3 is 0 Å². The summed E-state index contributed by atoms with van der Waals surface area (Å²) in [5, 5.41) is 4.27. The number of hydrogen-bond donors (Lipinski definition) is 0. The first kappa shape index (κ1) is 29.4. The predicted molar refractivity (Wildman–Crippen MR) is 207 cm³/mol. The van der Waals surface area contributed by atoms with E-state index in [-0.39, 0.29) is 0 Å². The molecular formula is C46H30O4. The smallest absolute Gasteiger partial charge is 0.134 e. The van der Waals surface area contributed by atoms with E-state index in [1.165, 1.54) is 0 Å². The van der Waals surface area contributed by atoms with Crippen LogP contribution in [-0.2, 0) is 0 Å². The molecule has 9 aromatic rings. The molecule has 4 aromatic heterocycles. The van der Waals surface area contributed by atoms with Gasteiger partial charge in [0.05, 0.1) is 0 Å². The first-order valence-electron chi connectivity index (χ1n) is 16.5. The van der Waals surface area contributed by atoms with E-state index in [4.69, 9.17) is 17.7 Å². The third-order valence-corrected chi connectivity index (χ3v) is 8.78. The minimum Gasteiger partial charge on any atom is -0.457 e. The highest BCUT2D eigenvalue weighted by molar-refractivity contribution is 5.90. The molecule has 4 nitrogen and oxygen atoms in total. The molecule has 238 valence electrons. The Kier molecular flexibility index (Phi) is 7.45. The number of fused-ring (bicyclic) bond motifs is 4. The molecule has 0 atom stereocenters. The van der Waals surface area contributed by atoms with Crippen LogP contribution in [0.1, 0.15) is 45.3 Å². The van der Waals surface area contributed by atoms with Gasteiger partial charge in [0, 0.05) is 21.5 Å². The van der Waals surface area contributed by atoms with Crippen molar-refractivity contribution in [3.05, 3.63) is 179 Å². The molecule has 0 aliphatic heterocycles. The summed E-state index contributed by atoms with van der Waals surface area (Å²) in [6.45, 7) is 0. The fraction of sp³-hybridized carbons (Fsp3) is 0. The highest BCUT2D eigenvalue weighted by Crippen LogP contribution is 2.29. The van der Waals surface area contributed by atoms with Gasteiger partial charge in [-0.1, -0.05) is 97.1 Å². The SMILES string of the molecule is C(=C\c1cc(/C=C/c2cc3ccccc3o2)c(/C=C/c2cc3ccccc3o2)cc1/C=C/c1cc2ccccc2o1)/c1cc2ccccc2o1. The van der Waals surface area contributed by atoms with Crippen molar-refractivity contribution >= 4 is 92.5 Å². The molecule has 0 saturated carbocycles.